The van der Waals surface area contributed by atoms with E-state index >= 15 is 0 Å². The summed E-state index contributed by atoms with van der Waals surface area (Å²) in [4.78, 5) is 4.89. The summed E-state index contributed by atoms with van der Waals surface area (Å²) in [5.41, 5.74) is 4.19. The van der Waals surface area contributed by atoms with Gasteiger partial charge in [-0.2, -0.15) is 0 Å². The third-order valence-corrected chi connectivity index (χ3v) is 5.15. The van der Waals surface area contributed by atoms with Crippen molar-refractivity contribution in [1.29, 1.82) is 0 Å². The van der Waals surface area contributed by atoms with Gasteiger partial charge in [-0.3, -0.25) is 0 Å². The lowest BCUT2D eigenvalue weighted by atomic mass is 10.1. The van der Waals surface area contributed by atoms with E-state index in [4.69, 9.17) is 14.5 Å². The second kappa shape index (κ2) is 6.32. The molecule has 1 unspecified atom stereocenters. The van der Waals surface area contributed by atoms with Crippen molar-refractivity contribution in [2.24, 2.45) is 5.92 Å². The van der Waals surface area contributed by atoms with Crippen LogP contribution in [0.5, 0.6) is 11.5 Å². The van der Waals surface area contributed by atoms with E-state index < -0.39 is 0 Å². The van der Waals surface area contributed by atoms with Gasteiger partial charge in [0.05, 0.1) is 25.4 Å². The van der Waals surface area contributed by atoms with Gasteiger partial charge in [-0.05, 0) is 30.4 Å². The van der Waals surface area contributed by atoms with Crippen LogP contribution in [-0.2, 0) is 0 Å². The Balaban J connectivity index is 2.07. The van der Waals surface area contributed by atoms with Crippen molar-refractivity contribution in [3.8, 4) is 11.5 Å². The fraction of sp³-hybridized carbons (Fsp3) is 0.389. The van der Waals surface area contributed by atoms with Crippen LogP contribution in [0.3, 0.4) is 0 Å². The smallest absolute Gasteiger partial charge is 0.130 e. The summed E-state index contributed by atoms with van der Waals surface area (Å²) < 4.78 is 11.0. The zero-order chi connectivity index (χ0) is 16.6. The quantitative estimate of drug-likeness (QED) is 0.900. The van der Waals surface area contributed by atoms with Crippen LogP contribution in [0.15, 0.2) is 29.3 Å². The molecule has 122 valence electrons. The number of allylic oxidation sites excluding steroid dienone is 1. The van der Waals surface area contributed by atoms with E-state index in [2.05, 4.69) is 24.6 Å². The highest BCUT2D eigenvalue weighted by atomic mass is 32.2. The van der Waals surface area contributed by atoms with Gasteiger partial charge in [0.2, 0.25) is 0 Å². The number of fused-ring (bicyclic) bond motifs is 1. The number of nitrogens with zero attached hydrogens (tertiary/aromatic N) is 1. The van der Waals surface area contributed by atoms with Crippen LogP contribution in [0, 0.1) is 12.8 Å². The molecular formula is C18H22N2O2S. The fourth-order valence-corrected chi connectivity index (χ4v) is 3.82. The number of nitrogens with one attached hydrogen (secondary N) is 1. The predicted molar refractivity (Wildman–Crippen MR) is 96.0 cm³/mol. The number of ether oxygens (including phenoxy) is 2. The Bertz CT molecular complexity index is 771. The summed E-state index contributed by atoms with van der Waals surface area (Å²) in [6, 6.07) is 5.99. The molecule has 4 nitrogen and oxygen atoms in total. The van der Waals surface area contributed by atoms with Crippen molar-refractivity contribution in [1.82, 2.24) is 10.3 Å². The number of aryl methyl sites for hydroxylation is 1. The zero-order valence-corrected chi connectivity index (χ0v) is 15.0. The summed E-state index contributed by atoms with van der Waals surface area (Å²) in [6.07, 6.45) is 0. The molecule has 0 saturated heterocycles. The molecule has 1 aromatic heterocycles. The zero-order valence-electron chi connectivity index (χ0n) is 14.1. The van der Waals surface area contributed by atoms with E-state index in [-0.39, 0.29) is 5.37 Å². The summed E-state index contributed by atoms with van der Waals surface area (Å²) in [6.45, 7) is 6.40. The summed E-state index contributed by atoms with van der Waals surface area (Å²) in [5.74, 6) is 2.17. The molecule has 2 aromatic rings. The number of hydrogen-bond donors (Lipinski definition) is 1. The summed E-state index contributed by atoms with van der Waals surface area (Å²) in [7, 11) is 3.38. The molecule has 0 amide bonds. The maximum Gasteiger partial charge on any atom is 0.130 e. The standard InChI is InChI=1S/C18H22N2O2S/c1-10(2)14-9-23-18(20-14)13-8-16(22-5)12-6-7-15(21-4)11(3)17(12)19-13/h6-10,18,20H,1-5H3. The molecule has 1 aliphatic heterocycles. The van der Waals surface area contributed by atoms with Gasteiger partial charge in [0, 0.05) is 22.7 Å². The van der Waals surface area contributed by atoms with Crippen molar-refractivity contribution in [2.75, 3.05) is 14.2 Å². The second-order valence-electron chi connectivity index (χ2n) is 5.93. The molecular weight excluding hydrogens is 308 g/mol. The summed E-state index contributed by atoms with van der Waals surface area (Å²) in [5, 5.41) is 6.86. The van der Waals surface area contributed by atoms with Gasteiger partial charge in [0.15, 0.2) is 0 Å². The van der Waals surface area contributed by atoms with E-state index in [1.165, 1.54) is 5.70 Å². The first-order valence-electron chi connectivity index (χ1n) is 7.69. The topological polar surface area (TPSA) is 43.4 Å². The van der Waals surface area contributed by atoms with Gasteiger partial charge in [-0.1, -0.05) is 13.8 Å². The first-order chi connectivity index (χ1) is 11.0. The molecule has 1 atom stereocenters. The van der Waals surface area contributed by atoms with Crippen molar-refractivity contribution < 1.29 is 9.47 Å². The molecule has 0 spiro atoms. The Morgan fingerprint density at radius 2 is 1.91 bits per heavy atom. The number of aromatic nitrogens is 1. The Morgan fingerprint density at radius 1 is 1.17 bits per heavy atom. The van der Waals surface area contributed by atoms with Crippen LogP contribution in [0.1, 0.15) is 30.5 Å². The van der Waals surface area contributed by atoms with Crippen molar-refractivity contribution in [2.45, 2.75) is 26.1 Å². The van der Waals surface area contributed by atoms with Crippen LogP contribution in [0.25, 0.3) is 10.9 Å². The van der Waals surface area contributed by atoms with Gasteiger partial charge in [-0.15, -0.1) is 11.8 Å². The van der Waals surface area contributed by atoms with E-state index in [9.17, 15) is 0 Å². The van der Waals surface area contributed by atoms with E-state index in [1.807, 2.05) is 25.1 Å². The third-order valence-electron chi connectivity index (χ3n) is 4.13. The molecule has 3 rings (SSSR count). The average molecular weight is 330 g/mol. The van der Waals surface area contributed by atoms with Crippen molar-refractivity contribution in [3.05, 3.63) is 40.6 Å². The molecule has 0 bridgehead atoms. The fourth-order valence-electron chi connectivity index (χ4n) is 2.73. The lowest BCUT2D eigenvalue weighted by Gasteiger charge is -2.17. The first-order valence-corrected chi connectivity index (χ1v) is 8.63. The second-order valence-corrected chi connectivity index (χ2v) is 6.91. The van der Waals surface area contributed by atoms with Crippen LogP contribution in [0.2, 0.25) is 0 Å². The van der Waals surface area contributed by atoms with Crippen LogP contribution < -0.4 is 14.8 Å². The molecule has 5 heteroatoms. The molecule has 23 heavy (non-hydrogen) atoms. The summed E-state index contributed by atoms with van der Waals surface area (Å²) >= 11 is 1.75. The minimum Gasteiger partial charge on any atom is -0.496 e. The minimum atomic E-state index is 0.122. The van der Waals surface area contributed by atoms with Gasteiger partial charge in [0.25, 0.3) is 0 Å². The van der Waals surface area contributed by atoms with Crippen molar-refractivity contribution >= 4 is 22.7 Å². The minimum absolute atomic E-state index is 0.122. The Kier molecular flexibility index (Phi) is 4.39. The first kappa shape index (κ1) is 16.0. The van der Waals surface area contributed by atoms with Crippen LogP contribution in [-0.4, -0.2) is 19.2 Å². The molecule has 0 radical (unpaired) electrons. The monoisotopic (exact) mass is 330 g/mol. The lowest BCUT2D eigenvalue weighted by Crippen LogP contribution is -2.17. The maximum absolute atomic E-state index is 5.60. The normalized spacial score (nSPS) is 17.3. The molecule has 1 N–H and O–H groups in total. The molecule has 0 fully saturated rings. The van der Waals surface area contributed by atoms with Crippen molar-refractivity contribution in [3.63, 3.8) is 0 Å². The number of benzene rings is 1. The van der Waals surface area contributed by atoms with Gasteiger partial charge in [-0.25, -0.2) is 4.98 Å². The molecule has 1 aliphatic rings. The number of hydrogen-bond acceptors (Lipinski definition) is 5. The molecule has 1 aromatic carbocycles. The number of methoxy groups -OCH3 is 2. The highest BCUT2D eigenvalue weighted by molar-refractivity contribution is 8.02. The molecule has 2 heterocycles. The maximum atomic E-state index is 5.60. The average Bonchev–Trinajstić information content (AvgIpc) is 3.05. The molecule has 0 aliphatic carbocycles. The van der Waals surface area contributed by atoms with E-state index in [1.54, 1.807) is 26.0 Å². The Hall–Kier alpha value is -1.88. The number of pyridine rings is 1. The van der Waals surface area contributed by atoms with Gasteiger partial charge in [0.1, 0.15) is 16.9 Å². The predicted octanol–water partition coefficient (Wildman–Crippen LogP) is 4.39. The van der Waals surface area contributed by atoms with Gasteiger partial charge >= 0.3 is 0 Å². The van der Waals surface area contributed by atoms with Gasteiger partial charge < -0.3 is 14.8 Å². The Morgan fingerprint density at radius 3 is 2.52 bits per heavy atom. The van der Waals surface area contributed by atoms with Crippen LogP contribution >= 0.6 is 11.8 Å². The third kappa shape index (κ3) is 2.85. The lowest BCUT2D eigenvalue weighted by molar-refractivity contribution is 0.411. The Labute approximate surface area is 141 Å². The number of thioether (sulfide) groups is 1. The highest BCUT2D eigenvalue weighted by Crippen LogP contribution is 2.39. The number of rotatable bonds is 4. The van der Waals surface area contributed by atoms with E-state index in [0.717, 1.165) is 33.7 Å². The van der Waals surface area contributed by atoms with Crippen LogP contribution in [0.4, 0.5) is 0 Å². The highest BCUT2D eigenvalue weighted by Gasteiger charge is 2.23. The molecule has 0 saturated carbocycles. The SMILES string of the molecule is COc1ccc2c(OC)cc(C3NC(C(C)C)=CS3)nc2c1C. The largest absolute Gasteiger partial charge is 0.496 e. The van der Waals surface area contributed by atoms with E-state index in [0.29, 0.717) is 5.92 Å².